The van der Waals surface area contributed by atoms with Crippen molar-refractivity contribution >= 4 is 11.8 Å². The number of carbonyl (C=O) groups is 2. The predicted octanol–water partition coefficient (Wildman–Crippen LogP) is 0.697. The van der Waals surface area contributed by atoms with Crippen LogP contribution in [0.15, 0.2) is 24.3 Å². The number of likely N-dealkylation sites (tertiary alicyclic amines) is 1. The molecule has 1 fully saturated rings. The van der Waals surface area contributed by atoms with Crippen LogP contribution in [0.4, 0.5) is 0 Å². The minimum Gasteiger partial charge on any atom is -0.392 e. The topological polar surface area (TPSA) is 60.9 Å². The number of aliphatic hydroxyl groups is 1. The highest BCUT2D eigenvalue weighted by Gasteiger charge is 2.36. The molecule has 1 saturated heterocycles. The number of carbonyl (C=O) groups excluding carboxylic acids is 2. The van der Waals surface area contributed by atoms with Gasteiger partial charge in [0.1, 0.15) is 0 Å². The molecule has 1 N–H and O–H groups in total. The summed E-state index contributed by atoms with van der Waals surface area (Å²) in [6.45, 7) is 1.60. The van der Waals surface area contributed by atoms with E-state index in [4.69, 9.17) is 0 Å². The molecule has 100 valence electrons. The van der Waals surface area contributed by atoms with E-state index < -0.39 is 0 Å². The summed E-state index contributed by atoms with van der Waals surface area (Å²) in [7, 11) is 0. The van der Waals surface area contributed by atoms with Crippen molar-refractivity contribution in [3.63, 3.8) is 0 Å². The fourth-order valence-corrected chi connectivity index (χ4v) is 2.73. The molecule has 1 aromatic carbocycles. The van der Waals surface area contributed by atoms with Gasteiger partial charge in [-0.3, -0.25) is 19.4 Å². The van der Waals surface area contributed by atoms with E-state index in [-0.39, 0.29) is 24.6 Å². The van der Waals surface area contributed by atoms with E-state index in [0.29, 0.717) is 17.7 Å². The first-order valence-corrected chi connectivity index (χ1v) is 6.52. The monoisotopic (exact) mass is 260 g/mol. The normalized spacial score (nSPS) is 23.8. The minimum absolute atomic E-state index is 0.235. The van der Waals surface area contributed by atoms with Crippen molar-refractivity contribution in [1.29, 1.82) is 0 Å². The van der Waals surface area contributed by atoms with Crippen molar-refractivity contribution < 1.29 is 14.7 Å². The van der Waals surface area contributed by atoms with Crippen LogP contribution in [-0.2, 0) is 0 Å². The lowest BCUT2D eigenvalue weighted by molar-refractivity contribution is 0.0304. The van der Waals surface area contributed by atoms with Gasteiger partial charge in [0.2, 0.25) is 0 Å². The highest BCUT2D eigenvalue weighted by molar-refractivity contribution is 6.21. The molecule has 0 aromatic heterocycles. The Hall–Kier alpha value is -1.72. The van der Waals surface area contributed by atoms with Crippen molar-refractivity contribution in [3.8, 4) is 0 Å². The van der Waals surface area contributed by atoms with Crippen molar-refractivity contribution in [2.45, 2.75) is 18.9 Å². The third kappa shape index (κ3) is 2.15. The molecule has 5 nitrogen and oxygen atoms in total. The molecule has 0 saturated carbocycles. The SMILES string of the molecule is O=C1c2ccccc2C(=O)N1CN1CCC[C@H](O)C1. The molecule has 2 aliphatic rings. The van der Waals surface area contributed by atoms with Crippen LogP contribution in [0, 0.1) is 0 Å². The molecule has 3 rings (SSSR count). The number of hydrogen-bond acceptors (Lipinski definition) is 4. The van der Waals surface area contributed by atoms with E-state index in [9.17, 15) is 14.7 Å². The first-order chi connectivity index (χ1) is 9.16. The van der Waals surface area contributed by atoms with Crippen LogP contribution in [0.5, 0.6) is 0 Å². The third-order valence-corrected chi connectivity index (χ3v) is 3.70. The summed E-state index contributed by atoms with van der Waals surface area (Å²) in [5.74, 6) is -0.471. The highest BCUT2D eigenvalue weighted by Crippen LogP contribution is 2.23. The zero-order valence-electron chi connectivity index (χ0n) is 10.6. The van der Waals surface area contributed by atoms with E-state index in [1.165, 1.54) is 4.90 Å². The lowest BCUT2D eigenvalue weighted by atomic mass is 10.1. The second kappa shape index (κ2) is 4.75. The Balaban J connectivity index is 1.77. The Morgan fingerprint density at radius 3 is 2.37 bits per heavy atom. The van der Waals surface area contributed by atoms with Gasteiger partial charge >= 0.3 is 0 Å². The Bertz CT molecular complexity index is 494. The maximum Gasteiger partial charge on any atom is 0.262 e. The number of rotatable bonds is 2. The number of fused-ring (bicyclic) bond motifs is 1. The molecule has 0 aliphatic carbocycles. The third-order valence-electron chi connectivity index (χ3n) is 3.70. The van der Waals surface area contributed by atoms with Gasteiger partial charge in [0, 0.05) is 13.1 Å². The van der Waals surface area contributed by atoms with Crippen molar-refractivity contribution in [1.82, 2.24) is 9.80 Å². The lowest BCUT2D eigenvalue weighted by Gasteiger charge is -2.32. The number of piperidine rings is 1. The maximum atomic E-state index is 12.2. The highest BCUT2D eigenvalue weighted by atomic mass is 16.3. The summed E-state index contributed by atoms with van der Waals surface area (Å²) in [6.07, 6.45) is 1.33. The molecule has 2 aliphatic heterocycles. The molecule has 2 amide bonds. The zero-order chi connectivity index (χ0) is 13.4. The molecular formula is C14H16N2O3. The molecule has 0 radical (unpaired) electrons. The number of amides is 2. The van der Waals surface area contributed by atoms with Crippen LogP contribution in [0.1, 0.15) is 33.6 Å². The Morgan fingerprint density at radius 1 is 1.16 bits per heavy atom. The van der Waals surface area contributed by atoms with Crippen molar-refractivity contribution in [3.05, 3.63) is 35.4 Å². The van der Waals surface area contributed by atoms with Crippen molar-refractivity contribution in [2.75, 3.05) is 19.8 Å². The fraction of sp³-hybridized carbons (Fsp3) is 0.429. The van der Waals surface area contributed by atoms with Gasteiger partial charge in [0.25, 0.3) is 11.8 Å². The van der Waals surface area contributed by atoms with Crippen LogP contribution >= 0.6 is 0 Å². The van der Waals surface area contributed by atoms with Crippen LogP contribution in [-0.4, -0.2) is 52.6 Å². The number of benzene rings is 1. The summed E-state index contributed by atoms with van der Waals surface area (Å²) in [5, 5.41) is 9.63. The van der Waals surface area contributed by atoms with Gasteiger partial charge < -0.3 is 5.11 Å². The number of β-amino-alcohol motifs (C(OH)–C–C–N with tert-alkyl or cyclic N) is 1. The maximum absolute atomic E-state index is 12.2. The van der Waals surface area contributed by atoms with E-state index >= 15 is 0 Å². The van der Waals surface area contributed by atoms with Gasteiger partial charge in [-0.1, -0.05) is 12.1 Å². The summed E-state index contributed by atoms with van der Waals surface area (Å²) >= 11 is 0. The largest absolute Gasteiger partial charge is 0.392 e. The Kier molecular flexibility index (Phi) is 3.08. The fourth-order valence-electron chi connectivity index (χ4n) is 2.73. The van der Waals surface area contributed by atoms with Crippen LogP contribution < -0.4 is 0 Å². The summed E-state index contributed by atoms with van der Waals surface area (Å²) in [5.41, 5.74) is 0.954. The molecular weight excluding hydrogens is 244 g/mol. The summed E-state index contributed by atoms with van der Waals surface area (Å²) < 4.78 is 0. The van der Waals surface area contributed by atoms with E-state index in [1.807, 2.05) is 4.90 Å². The first-order valence-electron chi connectivity index (χ1n) is 6.52. The Morgan fingerprint density at radius 2 is 1.79 bits per heavy atom. The molecule has 2 heterocycles. The average Bonchev–Trinajstić information content (AvgIpc) is 2.65. The molecule has 0 unspecified atom stereocenters. The van der Waals surface area contributed by atoms with Gasteiger partial charge in [-0.15, -0.1) is 0 Å². The molecule has 1 atom stereocenters. The van der Waals surface area contributed by atoms with E-state index in [2.05, 4.69) is 0 Å². The van der Waals surface area contributed by atoms with Gasteiger partial charge in [-0.05, 0) is 25.0 Å². The van der Waals surface area contributed by atoms with Gasteiger partial charge in [-0.25, -0.2) is 0 Å². The molecule has 0 spiro atoms. The first kappa shape index (κ1) is 12.3. The smallest absolute Gasteiger partial charge is 0.262 e. The average molecular weight is 260 g/mol. The minimum atomic E-state index is -0.357. The molecule has 19 heavy (non-hydrogen) atoms. The van der Waals surface area contributed by atoms with Crippen LogP contribution in [0.25, 0.3) is 0 Å². The molecule has 5 heteroatoms. The number of nitrogens with zero attached hydrogens (tertiary/aromatic N) is 2. The summed E-state index contributed by atoms with van der Waals surface area (Å²) in [4.78, 5) is 27.6. The quantitative estimate of drug-likeness (QED) is 0.795. The number of hydrogen-bond donors (Lipinski definition) is 1. The van der Waals surface area contributed by atoms with Gasteiger partial charge in [-0.2, -0.15) is 0 Å². The van der Waals surface area contributed by atoms with Crippen LogP contribution in [0.2, 0.25) is 0 Å². The summed E-state index contributed by atoms with van der Waals surface area (Å²) in [6, 6.07) is 6.89. The van der Waals surface area contributed by atoms with E-state index in [1.54, 1.807) is 24.3 Å². The number of imide groups is 1. The standard InChI is InChI=1S/C14H16N2O3/c17-10-4-3-7-15(8-10)9-16-13(18)11-5-1-2-6-12(11)14(16)19/h1-2,5-6,10,17H,3-4,7-9H2/t10-/m0/s1. The zero-order valence-corrected chi connectivity index (χ0v) is 10.6. The molecule has 0 bridgehead atoms. The van der Waals surface area contributed by atoms with Gasteiger partial charge in [0.05, 0.1) is 23.9 Å². The molecule has 1 aromatic rings. The van der Waals surface area contributed by atoms with Gasteiger partial charge in [0.15, 0.2) is 0 Å². The van der Waals surface area contributed by atoms with Crippen molar-refractivity contribution in [2.24, 2.45) is 0 Å². The predicted molar refractivity (Wildman–Crippen MR) is 68.6 cm³/mol. The Labute approximate surface area is 111 Å². The second-order valence-electron chi connectivity index (χ2n) is 5.10. The van der Waals surface area contributed by atoms with E-state index in [0.717, 1.165) is 19.4 Å². The lowest BCUT2D eigenvalue weighted by Crippen LogP contribution is -2.46. The number of aliphatic hydroxyl groups excluding tert-OH is 1. The second-order valence-corrected chi connectivity index (χ2v) is 5.10. The van der Waals surface area contributed by atoms with Crippen LogP contribution in [0.3, 0.4) is 0 Å².